The maximum absolute atomic E-state index is 2.49. The van der Waals surface area contributed by atoms with E-state index >= 15 is 0 Å². The molecule has 2 aromatic heterocycles. The monoisotopic (exact) mass is 666 g/mol. The van der Waals surface area contributed by atoms with E-state index in [0.717, 1.165) is 19.3 Å². The van der Waals surface area contributed by atoms with Crippen LogP contribution in [0.5, 0.6) is 0 Å². The summed E-state index contributed by atoms with van der Waals surface area (Å²) in [6.07, 6.45) is 9.55. The van der Waals surface area contributed by atoms with E-state index in [-0.39, 0.29) is 0 Å². The van der Waals surface area contributed by atoms with Gasteiger partial charge in [-0.3, -0.25) is 0 Å². The summed E-state index contributed by atoms with van der Waals surface area (Å²) in [5.74, 6) is 0. The topological polar surface area (TPSA) is 9.86 Å². The fraction of sp³-hybridized carbons (Fsp3) is 0.265. The molecule has 256 valence electrons. The lowest BCUT2D eigenvalue weighted by molar-refractivity contribution is 0.718. The van der Waals surface area contributed by atoms with E-state index in [4.69, 9.17) is 0 Å². The molecule has 2 heterocycles. The fourth-order valence-corrected chi connectivity index (χ4v) is 8.23. The smallest absolute Gasteiger partial charge is 0.0541 e. The number of hydrogen-bond acceptors (Lipinski definition) is 0. The molecule has 0 radical (unpaired) electrons. The second-order valence-corrected chi connectivity index (χ2v) is 15.1. The van der Waals surface area contributed by atoms with E-state index < -0.39 is 0 Å². The van der Waals surface area contributed by atoms with Crippen molar-refractivity contribution in [2.45, 2.75) is 86.0 Å². The van der Waals surface area contributed by atoms with Crippen LogP contribution in [0.25, 0.3) is 55.0 Å². The zero-order chi connectivity index (χ0) is 35.1. The molecule has 6 aromatic carbocycles. The van der Waals surface area contributed by atoms with Gasteiger partial charge in [-0.05, 0) is 155 Å². The van der Waals surface area contributed by atoms with Crippen molar-refractivity contribution in [2.24, 2.45) is 0 Å². The third-order valence-electron chi connectivity index (χ3n) is 10.9. The van der Waals surface area contributed by atoms with Gasteiger partial charge in [-0.25, -0.2) is 0 Å². The highest BCUT2D eigenvalue weighted by Crippen LogP contribution is 2.37. The molecular weight excluding hydrogens is 617 g/mol. The maximum Gasteiger partial charge on any atom is 0.0541 e. The van der Waals surface area contributed by atoms with Crippen molar-refractivity contribution >= 4 is 43.6 Å². The first kappa shape index (κ1) is 33.1. The molecule has 0 saturated heterocycles. The van der Waals surface area contributed by atoms with Gasteiger partial charge in [-0.2, -0.15) is 0 Å². The highest BCUT2D eigenvalue weighted by molar-refractivity contribution is 6.11. The Hall–Kier alpha value is -5.08. The molecular formula is C49H50N2. The van der Waals surface area contributed by atoms with Crippen LogP contribution in [0.15, 0.2) is 115 Å². The summed E-state index contributed by atoms with van der Waals surface area (Å²) in [6, 6.07) is 44.4. The van der Waals surface area contributed by atoms with E-state index in [1.165, 1.54) is 126 Å². The van der Waals surface area contributed by atoms with Crippen molar-refractivity contribution in [1.29, 1.82) is 0 Å². The van der Waals surface area contributed by atoms with Crippen LogP contribution < -0.4 is 0 Å². The molecule has 0 saturated carbocycles. The minimum atomic E-state index is 1.10. The first-order valence-electron chi connectivity index (χ1n) is 19.1. The van der Waals surface area contributed by atoms with Crippen LogP contribution in [0.1, 0.15) is 78.0 Å². The van der Waals surface area contributed by atoms with Crippen molar-refractivity contribution < 1.29 is 0 Å². The van der Waals surface area contributed by atoms with Crippen LogP contribution in [-0.4, -0.2) is 9.13 Å². The first-order chi connectivity index (χ1) is 24.9. The third kappa shape index (κ3) is 6.49. The molecule has 0 amide bonds. The summed E-state index contributed by atoms with van der Waals surface area (Å²) >= 11 is 0. The van der Waals surface area contributed by atoms with Crippen molar-refractivity contribution in [3.05, 3.63) is 154 Å². The zero-order valence-corrected chi connectivity index (χ0v) is 31.0. The largest absolute Gasteiger partial charge is 0.309 e. The molecule has 0 bridgehead atoms. The Morgan fingerprint density at radius 2 is 0.745 bits per heavy atom. The lowest BCUT2D eigenvalue weighted by Crippen LogP contribution is -2.00. The summed E-state index contributed by atoms with van der Waals surface area (Å²) in [5, 5.41) is 5.36. The van der Waals surface area contributed by atoms with E-state index in [1.54, 1.807) is 0 Å². The van der Waals surface area contributed by atoms with Crippen molar-refractivity contribution in [2.75, 3.05) is 0 Å². The average molecular weight is 667 g/mol. The highest BCUT2D eigenvalue weighted by Gasteiger charge is 2.17. The Morgan fingerprint density at radius 1 is 0.353 bits per heavy atom. The van der Waals surface area contributed by atoms with Crippen LogP contribution in [0.4, 0.5) is 0 Å². The molecule has 0 atom stereocenters. The summed E-state index contributed by atoms with van der Waals surface area (Å²) in [4.78, 5) is 0. The molecule has 8 aromatic rings. The summed E-state index contributed by atoms with van der Waals surface area (Å²) in [6.45, 7) is 11.1. The molecule has 0 fully saturated rings. The molecule has 51 heavy (non-hydrogen) atoms. The van der Waals surface area contributed by atoms with E-state index in [2.05, 4.69) is 159 Å². The highest BCUT2D eigenvalue weighted by atomic mass is 15.0. The Bertz CT molecular complexity index is 2520. The van der Waals surface area contributed by atoms with Gasteiger partial charge in [0.2, 0.25) is 0 Å². The first-order valence-corrected chi connectivity index (χ1v) is 19.1. The predicted octanol–water partition coefficient (Wildman–Crippen LogP) is 13.4. The molecule has 2 nitrogen and oxygen atoms in total. The standard InChI is InChI=1S/C49H50N2/c1-6-7-8-12-38-20-24-48-44(30-38)42-28-34(3)16-22-46(42)50(48)40-26-36(5)27-41(32-40)51-47-23-17-35(4)29-43(47)45-31-39(21-25-49(45)51)13-10-9-11-37-18-14-33(2)15-19-37/h14-32H,6-13H2,1-5H3. The van der Waals surface area contributed by atoms with Gasteiger partial charge in [-0.15, -0.1) is 0 Å². The normalized spacial score (nSPS) is 11.9. The van der Waals surface area contributed by atoms with E-state index in [9.17, 15) is 0 Å². The molecule has 2 heteroatoms. The second kappa shape index (κ2) is 13.9. The van der Waals surface area contributed by atoms with Gasteiger partial charge < -0.3 is 9.13 Å². The van der Waals surface area contributed by atoms with Crippen molar-refractivity contribution in [1.82, 2.24) is 9.13 Å². The van der Waals surface area contributed by atoms with Gasteiger partial charge in [-0.1, -0.05) is 85.0 Å². The van der Waals surface area contributed by atoms with Crippen LogP contribution in [0.2, 0.25) is 0 Å². The van der Waals surface area contributed by atoms with Gasteiger partial charge in [0.05, 0.1) is 22.1 Å². The number of benzene rings is 6. The number of hydrogen-bond donors (Lipinski definition) is 0. The molecule has 0 aliphatic rings. The SMILES string of the molecule is CCCCCc1ccc2c(c1)c1cc(C)ccc1n2-c1cc(C)cc(-n2c3ccc(C)cc3c3cc(CCCCc4ccc(C)cc4)ccc32)c1. The Morgan fingerprint density at radius 3 is 1.24 bits per heavy atom. The van der Waals surface area contributed by atoms with Crippen LogP contribution in [0.3, 0.4) is 0 Å². The lowest BCUT2D eigenvalue weighted by atomic mass is 10.0. The van der Waals surface area contributed by atoms with Gasteiger partial charge in [0.1, 0.15) is 0 Å². The van der Waals surface area contributed by atoms with Crippen LogP contribution in [0, 0.1) is 27.7 Å². The molecule has 0 N–H and O–H groups in total. The minimum absolute atomic E-state index is 1.10. The van der Waals surface area contributed by atoms with Gasteiger partial charge >= 0.3 is 0 Å². The van der Waals surface area contributed by atoms with E-state index in [0.29, 0.717) is 0 Å². The Kier molecular flexibility index (Phi) is 9.03. The minimum Gasteiger partial charge on any atom is -0.309 e. The van der Waals surface area contributed by atoms with E-state index in [1.807, 2.05) is 0 Å². The maximum atomic E-state index is 2.49. The molecule has 0 spiro atoms. The molecule has 0 aliphatic carbocycles. The number of rotatable bonds is 11. The summed E-state index contributed by atoms with van der Waals surface area (Å²) < 4.78 is 4.98. The number of aryl methyl sites for hydroxylation is 7. The van der Waals surface area contributed by atoms with Gasteiger partial charge in [0, 0.05) is 32.9 Å². The molecule has 8 rings (SSSR count). The van der Waals surface area contributed by atoms with Crippen molar-refractivity contribution in [3.8, 4) is 11.4 Å². The predicted molar refractivity (Wildman–Crippen MR) is 220 cm³/mol. The fourth-order valence-electron chi connectivity index (χ4n) is 8.23. The Labute approximate surface area is 303 Å². The number of fused-ring (bicyclic) bond motifs is 6. The van der Waals surface area contributed by atoms with Gasteiger partial charge in [0.25, 0.3) is 0 Å². The Balaban J connectivity index is 1.20. The van der Waals surface area contributed by atoms with Crippen LogP contribution >= 0.6 is 0 Å². The number of nitrogens with zero attached hydrogens (tertiary/aromatic N) is 2. The van der Waals surface area contributed by atoms with Crippen LogP contribution in [-0.2, 0) is 19.3 Å². The zero-order valence-electron chi connectivity index (χ0n) is 31.0. The second-order valence-electron chi connectivity index (χ2n) is 15.1. The van der Waals surface area contributed by atoms with Gasteiger partial charge in [0.15, 0.2) is 0 Å². The summed E-state index contributed by atoms with van der Waals surface area (Å²) in [7, 11) is 0. The third-order valence-corrected chi connectivity index (χ3v) is 10.9. The number of unbranched alkanes of at least 4 members (excludes halogenated alkanes) is 3. The quantitative estimate of drug-likeness (QED) is 0.122. The molecule has 0 aliphatic heterocycles. The lowest BCUT2D eigenvalue weighted by Gasteiger charge is -2.15. The summed E-state index contributed by atoms with van der Waals surface area (Å²) in [5.41, 5.74) is 17.0. The molecule has 0 unspecified atom stereocenters. The average Bonchev–Trinajstić information content (AvgIpc) is 3.62. The van der Waals surface area contributed by atoms with Crippen molar-refractivity contribution in [3.63, 3.8) is 0 Å². The number of aromatic nitrogens is 2.